The lowest BCUT2D eigenvalue weighted by atomic mass is 10.0. The average molecular weight is 248 g/mol. The van der Waals surface area contributed by atoms with E-state index < -0.39 is 6.04 Å². The van der Waals surface area contributed by atoms with Crippen LogP contribution in [0.3, 0.4) is 0 Å². The maximum Gasteiger partial charge on any atom is 0.245 e. The van der Waals surface area contributed by atoms with Crippen LogP contribution in [0.1, 0.15) is 5.56 Å². The number of ether oxygens (including phenoxy) is 1. The molecule has 1 atom stereocenters. The summed E-state index contributed by atoms with van der Waals surface area (Å²) in [7, 11) is 3.25. The molecule has 1 fully saturated rings. The van der Waals surface area contributed by atoms with Crippen LogP contribution in [0, 0.1) is 0 Å². The summed E-state index contributed by atoms with van der Waals surface area (Å²) < 4.78 is 5.07. The Balaban J connectivity index is 2.07. The summed E-state index contributed by atoms with van der Waals surface area (Å²) in [5.74, 6) is 0.607. The molecule has 1 unspecified atom stereocenters. The van der Waals surface area contributed by atoms with Gasteiger partial charge in [-0.3, -0.25) is 9.59 Å². The zero-order valence-corrected chi connectivity index (χ0v) is 10.5. The monoisotopic (exact) mass is 248 g/mol. The Labute approximate surface area is 106 Å². The fourth-order valence-corrected chi connectivity index (χ4v) is 2.00. The molecule has 1 aromatic rings. The van der Waals surface area contributed by atoms with E-state index in [2.05, 4.69) is 5.32 Å². The number of hydrogen-bond donors (Lipinski definition) is 1. The van der Waals surface area contributed by atoms with Crippen LogP contribution in [0.2, 0.25) is 0 Å². The van der Waals surface area contributed by atoms with Crippen LogP contribution in [-0.4, -0.2) is 43.5 Å². The van der Waals surface area contributed by atoms with E-state index in [0.29, 0.717) is 6.42 Å². The van der Waals surface area contributed by atoms with E-state index in [-0.39, 0.29) is 18.4 Å². The van der Waals surface area contributed by atoms with Crippen molar-refractivity contribution < 1.29 is 14.3 Å². The number of hydrogen-bond acceptors (Lipinski definition) is 3. The number of nitrogens with zero attached hydrogens (tertiary/aromatic N) is 1. The summed E-state index contributed by atoms with van der Waals surface area (Å²) in [6.45, 7) is 0.137. The third-order valence-electron chi connectivity index (χ3n) is 2.99. The van der Waals surface area contributed by atoms with Crippen LogP contribution in [0.4, 0.5) is 0 Å². The van der Waals surface area contributed by atoms with Crippen LogP contribution in [0.25, 0.3) is 0 Å². The molecule has 2 rings (SSSR count). The van der Waals surface area contributed by atoms with Crippen molar-refractivity contribution in [3.63, 3.8) is 0 Å². The predicted molar refractivity (Wildman–Crippen MR) is 66.3 cm³/mol. The van der Waals surface area contributed by atoms with Crippen LogP contribution >= 0.6 is 0 Å². The second-order valence-electron chi connectivity index (χ2n) is 4.37. The molecule has 5 heteroatoms. The van der Waals surface area contributed by atoms with Gasteiger partial charge in [0.05, 0.1) is 13.7 Å². The topological polar surface area (TPSA) is 58.6 Å². The van der Waals surface area contributed by atoms with Gasteiger partial charge in [0.15, 0.2) is 0 Å². The standard InChI is InChI=1S/C13H16N2O3/c1-15-8-12(16)14-11(13(15)17)7-9-3-5-10(18-2)6-4-9/h3-6,11H,7-8H2,1-2H3,(H,14,16). The summed E-state index contributed by atoms with van der Waals surface area (Å²) >= 11 is 0. The number of likely N-dealkylation sites (N-methyl/N-ethyl adjacent to an activating group) is 1. The van der Waals surface area contributed by atoms with Crippen molar-refractivity contribution in [3.05, 3.63) is 29.8 Å². The molecule has 18 heavy (non-hydrogen) atoms. The highest BCUT2D eigenvalue weighted by Gasteiger charge is 2.30. The molecular formula is C13H16N2O3. The van der Waals surface area contributed by atoms with Gasteiger partial charge in [-0.25, -0.2) is 0 Å². The third-order valence-corrected chi connectivity index (χ3v) is 2.99. The number of carbonyl (C=O) groups is 2. The molecule has 0 bridgehead atoms. The fourth-order valence-electron chi connectivity index (χ4n) is 2.00. The zero-order chi connectivity index (χ0) is 13.1. The van der Waals surface area contributed by atoms with Crippen LogP contribution < -0.4 is 10.1 Å². The summed E-state index contributed by atoms with van der Waals surface area (Å²) in [5.41, 5.74) is 0.991. The second kappa shape index (κ2) is 5.08. The van der Waals surface area contributed by atoms with Gasteiger partial charge in [0.1, 0.15) is 11.8 Å². The van der Waals surface area contributed by atoms with Crippen LogP contribution in [0.5, 0.6) is 5.75 Å². The van der Waals surface area contributed by atoms with E-state index in [1.807, 2.05) is 24.3 Å². The number of methoxy groups -OCH3 is 1. The maximum absolute atomic E-state index is 11.9. The van der Waals surface area contributed by atoms with Crippen molar-refractivity contribution in [2.24, 2.45) is 0 Å². The number of carbonyl (C=O) groups excluding carboxylic acids is 2. The van der Waals surface area contributed by atoms with Crippen molar-refractivity contribution >= 4 is 11.8 Å². The Morgan fingerprint density at radius 3 is 2.61 bits per heavy atom. The third kappa shape index (κ3) is 2.61. The molecule has 5 nitrogen and oxygen atoms in total. The second-order valence-corrected chi connectivity index (χ2v) is 4.37. The lowest BCUT2D eigenvalue weighted by Crippen LogP contribution is -2.57. The number of piperazine rings is 1. The smallest absolute Gasteiger partial charge is 0.245 e. The molecule has 1 aromatic carbocycles. The Bertz CT molecular complexity index is 456. The number of nitrogens with one attached hydrogen (secondary N) is 1. The molecule has 0 radical (unpaired) electrons. The number of rotatable bonds is 3. The molecule has 1 saturated heterocycles. The van der Waals surface area contributed by atoms with Gasteiger partial charge in [0.25, 0.3) is 0 Å². The highest BCUT2D eigenvalue weighted by molar-refractivity contribution is 5.94. The molecule has 96 valence electrons. The van der Waals surface area contributed by atoms with Crippen molar-refractivity contribution in [3.8, 4) is 5.75 Å². The lowest BCUT2D eigenvalue weighted by Gasteiger charge is -2.29. The van der Waals surface area contributed by atoms with Crippen LogP contribution in [-0.2, 0) is 16.0 Å². The Kier molecular flexibility index (Phi) is 3.50. The molecule has 0 saturated carbocycles. The van der Waals surface area contributed by atoms with Crippen molar-refractivity contribution in [2.75, 3.05) is 20.7 Å². The maximum atomic E-state index is 11.9. The summed E-state index contributed by atoms with van der Waals surface area (Å²) in [4.78, 5) is 24.7. The van der Waals surface area contributed by atoms with Crippen molar-refractivity contribution in [1.29, 1.82) is 0 Å². The Hall–Kier alpha value is -2.04. The first-order valence-corrected chi connectivity index (χ1v) is 5.77. The van der Waals surface area contributed by atoms with Gasteiger partial charge in [-0.1, -0.05) is 12.1 Å². The minimum atomic E-state index is -0.468. The van der Waals surface area contributed by atoms with Gasteiger partial charge in [0, 0.05) is 13.5 Å². The lowest BCUT2D eigenvalue weighted by molar-refractivity contribution is -0.142. The fraction of sp³-hybridized carbons (Fsp3) is 0.385. The van der Waals surface area contributed by atoms with Gasteiger partial charge in [0.2, 0.25) is 11.8 Å². The molecule has 1 heterocycles. The Morgan fingerprint density at radius 2 is 2.00 bits per heavy atom. The number of benzene rings is 1. The van der Waals surface area contributed by atoms with Gasteiger partial charge in [-0.15, -0.1) is 0 Å². The van der Waals surface area contributed by atoms with Gasteiger partial charge >= 0.3 is 0 Å². The molecule has 0 aromatic heterocycles. The van der Waals surface area contributed by atoms with E-state index in [1.165, 1.54) is 4.90 Å². The van der Waals surface area contributed by atoms with Gasteiger partial charge in [-0.05, 0) is 17.7 Å². The normalized spacial score (nSPS) is 19.7. The zero-order valence-electron chi connectivity index (χ0n) is 10.5. The minimum Gasteiger partial charge on any atom is -0.497 e. The number of amides is 2. The van der Waals surface area contributed by atoms with Gasteiger partial charge in [-0.2, -0.15) is 0 Å². The van der Waals surface area contributed by atoms with E-state index in [4.69, 9.17) is 4.74 Å². The largest absolute Gasteiger partial charge is 0.497 e. The summed E-state index contributed by atoms with van der Waals surface area (Å²) in [6.07, 6.45) is 0.499. The van der Waals surface area contributed by atoms with E-state index in [9.17, 15) is 9.59 Å². The van der Waals surface area contributed by atoms with Crippen molar-refractivity contribution in [2.45, 2.75) is 12.5 Å². The molecular weight excluding hydrogens is 232 g/mol. The summed E-state index contributed by atoms with van der Waals surface area (Å²) in [6, 6.07) is 7.01. The van der Waals surface area contributed by atoms with Gasteiger partial charge < -0.3 is 15.0 Å². The predicted octanol–water partition coefficient (Wildman–Crippen LogP) is 0.195. The average Bonchev–Trinajstić information content (AvgIpc) is 2.36. The highest BCUT2D eigenvalue weighted by Crippen LogP contribution is 2.14. The highest BCUT2D eigenvalue weighted by atomic mass is 16.5. The van der Waals surface area contributed by atoms with E-state index in [1.54, 1.807) is 14.2 Å². The van der Waals surface area contributed by atoms with E-state index >= 15 is 0 Å². The molecule has 0 spiro atoms. The van der Waals surface area contributed by atoms with E-state index in [0.717, 1.165) is 11.3 Å². The minimum absolute atomic E-state index is 0.0505. The quantitative estimate of drug-likeness (QED) is 0.831. The first-order valence-electron chi connectivity index (χ1n) is 5.77. The Morgan fingerprint density at radius 1 is 1.33 bits per heavy atom. The summed E-state index contributed by atoms with van der Waals surface area (Å²) in [5, 5.41) is 2.71. The molecule has 2 amide bonds. The molecule has 1 aliphatic rings. The van der Waals surface area contributed by atoms with Crippen molar-refractivity contribution in [1.82, 2.24) is 10.2 Å². The first kappa shape index (κ1) is 12.4. The molecule has 0 aliphatic carbocycles. The SMILES string of the molecule is COc1ccc(CC2NC(=O)CN(C)C2=O)cc1. The molecule has 1 N–H and O–H groups in total. The molecule has 1 aliphatic heterocycles. The first-order chi connectivity index (χ1) is 8.60. The van der Waals surface area contributed by atoms with Crippen LogP contribution in [0.15, 0.2) is 24.3 Å².